The van der Waals surface area contributed by atoms with Gasteiger partial charge in [-0.3, -0.25) is 4.79 Å². The van der Waals surface area contributed by atoms with E-state index in [1.807, 2.05) is 12.1 Å². The van der Waals surface area contributed by atoms with Crippen molar-refractivity contribution in [3.05, 3.63) is 20.8 Å². The summed E-state index contributed by atoms with van der Waals surface area (Å²) in [5, 5.41) is 0. The number of carbonyl (C=O) groups is 1. The van der Waals surface area contributed by atoms with Crippen molar-refractivity contribution in [2.75, 3.05) is 20.8 Å². The zero-order valence-corrected chi connectivity index (χ0v) is 12.9. The second-order valence-corrected chi connectivity index (χ2v) is 6.01. The topological polar surface area (TPSA) is 55.6 Å². The smallest absolute Gasteiger partial charge is 0.241 e. The van der Waals surface area contributed by atoms with Gasteiger partial charge in [-0.2, -0.15) is 0 Å². The molecule has 0 aliphatic carbocycles. The summed E-state index contributed by atoms with van der Waals surface area (Å²) >= 11 is 4.99. The summed E-state index contributed by atoms with van der Waals surface area (Å²) in [6.45, 7) is 0.823. The summed E-state index contributed by atoms with van der Waals surface area (Å²) in [7, 11) is 3.27. The standard InChI is InChI=1S/C10H15BrN2O2S.ClH/c1-13(10(14)8(12)6-15-2)5-7-3-4-9(11)16-7;/h3-4,8H,5-6,12H2,1-2H3;1H. The average molecular weight is 344 g/mol. The predicted octanol–water partition coefficient (Wildman–Crippen LogP) is 1.86. The molecule has 0 saturated carbocycles. The molecule has 98 valence electrons. The Hall–Kier alpha value is -0.140. The van der Waals surface area contributed by atoms with E-state index >= 15 is 0 Å². The van der Waals surface area contributed by atoms with E-state index in [0.29, 0.717) is 6.54 Å². The number of hydrogen-bond donors (Lipinski definition) is 1. The third-order valence-electron chi connectivity index (χ3n) is 2.06. The number of amides is 1. The van der Waals surface area contributed by atoms with Gasteiger partial charge in [0.15, 0.2) is 0 Å². The fourth-order valence-corrected chi connectivity index (χ4v) is 2.82. The first-order valence-corrected chi connectivity index (χ1v) is 6.39. The molecule has 0 spiro atoms. The molecule has 0 radical (unpaired) electrons. The lowest BCUT2D eigenvalue weighted by atomic mass is 10.3. The van der Waals surface area contributed by atoms with Crippen LogP contribution in [0.15, 0.2) is 15.9 Å². The summed E-state index contributed by atoms with van der Waals surface area (Å²) in [4.78, 5) is 14.5. The third kappa shape index (κ3) is 5.35. The molecule has 2 N–H and O–H groups in total. The Labute approximate surface area is 120 Å². The van der Waals surface area contributed by atoms with Crippen molar-refractivity contribution < 1.29 is 9.53 Å². The fraction of sp³-hybridized carbons (Fsp3) is 0.500. The van der Waals surface area contributed by atoms with E-state index in [9.17, 15) is 4.79 Å². The van der Waals surface area contributed by atoms with Crippen molar-refractivity contribution in [2.24, 2.45) is 5.73 Å². The van der Waals surface area contributed by atoms with E-state index in [4.69, 9.17) is 10.5 Å². The molecule has 1 heterocycles. The highest BCUT2D eigenvalue weighted by Gasteiger charge is 2.18. The van der Waals surface area contributed by atoms with Crippen LogP contribution in [-0.2, 0) is 16.1 Å². The van der Waals surface area contributed by atoms with Crippen LogP contribution in [0, 0.1) is 0 Å². The molecule has 1 aromatic heterocycles. The Bertz CT molecular complexity index is 362. The number of nitrogens with zero attached hydrogens (tertiary/aromatic N) is 1. The molecular formula is C10H16BrClN2O2S. The van der Waals surface area contributed by atoms with Crippen molar-refractivity contribution in [1.29, 1.82) is 0 Å². The van der Waals surface area contributed by atoms with Gasteiger partial charge in [0.05, 0.1) is 16.9 Å². The number of halogens is 2. The minimum atomic E-state index is -0.585. The molecule has 0 fully saturated rings. The molecule has 0 aliphatic rings. The van der Waals surface area contributed by atoms with Crippen LogP contribution in [0.25, 0.3) is 0 Å². The molecule has 7 heteroatoms. The van der Waals surface area contributed by atoms with E-state index in [-0.39, 0.29) is 24.9 Å². The molecule has 1 amide bonds. The first-order valence-electron chi connectivity index (χ1n) is 4.78. The van der Waals surface area contributed by atoms with Crippen molar-refractivity contribution in [3.63, 3.8) is 0 Å². The Morgan fingerprint density at radius 3 is 2.76 bits per heavy atom. The number of nitrogens with two attached hydrogens (primary N) is 1. The van der Waals surface area contributed by atoms with Crippen LogP contribution in [0.4, 0.5) is 0 Å². The molecule has 0 aliphatic heterocycles. The fourth-order valence-electron chi connectivity index (χ4n) is 1.28. The lowest BCUT2D eigenvalue weighted by Gasteiger charge is -2.20. The van der Waals surface area contributed by atoms with E-state index in [1.54, 1.807) is 23.3 Å². The maximum Gasteiger partial charge on any atom is 0.241 e. The summed E-state index contributed by atoms with van der Waals surface area (Å²) in [5.74, 6) is -0.105. The van der Waals surface area contributed by atoms with Crippen LogP contribution in [0.3, 0.4) is 0 Å². The summed E-state index contributed by atoms with van der Waals surface area (Å²) in [6, 6.07) is 3.37. The molecule has 4 nitrogen and oxygen atoms in total. The van der Waals surface area contributed by atoms with Crippen molar-refractivity contribution >= 4 is 45.6 Å². The van der Waals surface area contributed by atoms with Gasteiger partial charge in [0.2, 0.25) is 5.91 Å². The molecule has 1 rings (SSSR count). The van der Waals surface area contributed by atoms with E-state index in [1.165, 1.54) is 7.11 Å². The van der Waals surface area contributed by atoms with Crippen molar-refractivity contribution in [3.8, 4) is 0 Å². The van der Waals surface area contributed by atoms with Gasteiger partial charge in [0, 0.05) is 19.0 Å². The average Bonchev–Trinajstić information content (AvgIpc) is 2.63. The number of methoxy groups -OCH3 is 1. The van der Waals surface area contributed by atoms with Crippen LogP contribution < -0.4 is 5.73 Å². The van der Waals surface area contributed by atoms with Crippen LogP contribution in [0.5, 0.6) is 0 Å². The predicted molar refractivity (Wildman–Crippen MR) is 75.6 cm³/mol. The number of thiophene rings is 1. The quantitative estimate of drug-likeness (QED) is 0.888. The summed E-state index contributed by atoms with van der Waals surface area (Å²) in [5.41, 5.74) is 5.67. The van der Waals surface area contributed by atoms with Gasteiger partial charge in [0.1, 0.15) is 6.04 Å². The molecule has 0 saturated heterocycles. The highest BCUT2D eigenvalue weighted by molar-refractivity contribution is 9.11. The summed E-state index contributed by atoms with van der Waals surface area (Å²) in [6.07, 6.45) is 0. The minimum Gasteiger partial charge on any atom is -0.383 e. The van der Waals surface area contributed by atoms with Crippen LogP contribution in [0.1, 0.15) is 4.88 Å². The second kappa shape index (κ2) is 8.05. The molecule has 1 aromatic rings. The molecular weight excluding hydrogens is 328 g/mol. The molecule has 17 heavy (non-hydrogen) atoms. The normalized spacial score (nSPS) is 11.8. The van der Waals surface area contributed by atoms with Gasteiger partial charge in [-0.25, -0.2) is 0 Å². The first kappa shape index (κ1) is 16.9. The van der Waals surface area contributed by atoms with Crippen LogP contribution in [0.2, 0.25) is 0 Å². The highest BCUT2D eigenvalue weighted by atomic mass is 79.9. The zero-order valence-electron chi connectivity index (χ0n) is 9.68. The van der Waals surface area contributed by atoms with Gasteiger partial charge >= 0.3 is 0 Å². The second-order valence-electron chi connectivity index (χ2n) is 3.46. The highest BCUT2D eigenvalue weighted by Crippen LogP contribution is 2.23. The lowest BCUT2D eigenvalue weighted by molar-refractivity contribution is -0.132. The Morgan fingerprint density at radius 2 is 2.29 bits per heavy atom. The largest absolute Gasteiger partial charge is 0.383 e. The number of ether oxygens (including phenoxy) is 1. The zero-order chi connectivity index (χ0) is 12.1. The maximum absolute atomic E-state index is 11.8. The van der Waals surface area contributed by atoms with Crippen molar-refractivity contribution in [2.45, 2.75) is 12.6 Å². The van der Waals surface area contributed by atoms with E-state index in [2.05, 4.69) is 15.9 Å². The number of hydrogen-bond acceptors (Lipinski definition) is 4. The van der Waals surface area contributed by atoms with Gasteiger partial charge in [-0.05, 0) is 28.1 Å². The third-order valence-corrected chi connectivity index (χ3v) is 3.67. The maximum atomic E-state index is 11.8. The SMILES string of the molecule is COCC(N)C(=O)N(C)Cc1ccc(Br)s1.Cl. The minimum absolute atomic E-state index is 0. The number of likely N-dealkylation sites (N-methyl/N-ethyl adjacent to an activating group) is 1. The van der Waals surface area contributed by atoms with Crippen LogP contribution >= 0.6 is 39.7 Å². The molecule has 1 unspecified atom stereocenters. The molecule has 1 atom stereocenters. The molecule has 0 bridgehead atoms. The first-order chi connectivity index (χ1) is 7.54. The van der Waals surface area contributed by atoms with Gasteiger partial charge < -0.3 is 15.4 Å². The monoisotopic (exact) mass is 342 g/mol. The Morgan fingerprint density at radius 1 is 1.65 bits per heavy atom. The van der Waals surface area contributed by atoms with Crippen LogP contribution in [-0.4, -0.2) is 37.6 Å². The lowest BCUT2D eigenvalue weighted by Crippen LogP contribution is -2.43. The Balaban J connectivity index is 0.00000256. The van der Waals surface area contributed by atoms with Gasteiger partial charge in [0.25, 0.3) is 0 Å². The van der Waals surface area contributed by atoms with E-state index < -0.39 is 6.04 Å². The van der Waals surface area contributed by atoms with Gasteiger partial charge in [-0.1, -0.05) is 0 Å². The summed E-state index contributed by atoms with van der Waals surface area (Å²) < 4.78 is 5.91. The van der Waals surface area contributed by atoms with Gasteiger partial charge in [-0.15, -0.1) is 23.7 Å². The van der Waals surface area contributed by atoms with E-state index in [0.717, 1.165) is 8.66 Å². The van der Waals surface area contributed by atoms with Crippen molar-refractivity contribution in [1.82, 2.24) is 4.90 Å². The number of carbonyl (C=O) groups excluding carboxylic acids is 1. The Kier molecular flexibility index (Phi) is 7.98. The number of rotatable bonds is 5. The molecule has 0 aromatic carbocycles.